The van der Waals surface area contributed by atoms with Gasteiger partial charge in [-0.15, -0.1) is 0 Å². The third kappa shape index (κ3) is 2.80. The molecular weight excluding hydrogens is 150 g/mol. The molecule has 0 radical (unpaired) electrons. The highest BCUT2D eigenvalue weighted by molar-refractivity contribution is 4.82. The molecule has 1 N–H and O–H groups in total. The molecule has 1 fully saturated rings. The van der Waals surface area contributed by atoms with Crippen molar-refractivity contribution in [2.24, 2.45) is 0 Å². The van der Waals surface area contributed by atoms with E-state index in [0.717, 1.165) is 38.5 Å². The van der Waals surface area contributed by atoms with Crippen molar-refractivity contribution in [1.29, 1.82) is 5.26 Å². The number of hydrogen-bond donors (Lipinski definition) is 1. The monoisotopic (exact) mass is 167 g/mol. The van der Waals surface area contributed by atoms with Gasteiger partial charge in [0.25, 0.3) is 0 Å². The van der Waals surface area contributed by atoms with Crippen LogP contribution < -0.4 is 5.32 Å². The van der Waals surface area contributed by atoms with Crippen LogP contribution in [0.2, 0.25) is 0 Å². The first kappa shape index (κ1) is 9.50. The van der Waals surface area contributed by atoms with Crippen LogP contribution in [0.15, 0.2) is 0 Å². The molecule has 1 aliphatic rings. The zero-order valence-corrected chi connectivity index (χ0v) is 7.71. The molecule has 0 aliphatic carbocycles. The Balaban J connectivity index is 1.95. The average Bonchev–Trinajstić information content (AvgIpc) is 1.95. The van der Waals surface area contributed by atoms with Gasteiger partial charge in [0.1, 0.15) is 0 Å². The van der Waals surface area contributed by atoms with Crippen molar-refractivity contribution >= 4 is 0 Å². The lowest BCUT2D eigenvalue weighted by Gasteiger charge is -2.35. The highest BCUT2D eigenvalue weighted by Crippen LogP contribution is 2.04. The van der Waals surface area contributed by atoms with Gasteiger partial charge in [0.2, 0.25) is 0 Å². The van der Waals surface area contributed by atoms with E-state index in [0.29, 0.717) is 6.42 Å². The van der Waals surface area contributed by atoms with Crippen LogP contribution in [0.5, 0.6) is 0 Å². The molecule has 12 heavy (non-hydrogen) atoms. The standard InChI is InChI=1S/C9H17N3/c1-12(9-7-11-8-9)6-4-2-3-5-10/h9,11H,2-4,6-8H2,1H3. The Morgan fingerprint density at radius 3 is 2.75 bits per heavy atom. The van der Waals surface area contributed by atoms with Gasteiger partial charge >= 0.3 is 0 Å². The second-order valence-corrected chi connectivity index (χ2v) is 3.41. The van der Waals surface area contributed by atoms with Crippen LogP contribution in [0.4, 0.5) is 0 Å². The smallest absolute Gasteiger partial charge is 0.0621 e. The first-order valence-electron chi connectivity index (χ1n) is 4.62. The molecule has 0 amide bonds. The highest BCUT2D eigenvalue weighted by Gasteiger charge is 2.20. The largest absolute Gasteiger partial charge is 0.314 e. The third-order valence-corrected chi connectivity index (χ3v) is 2.43. The lowest BCUT2D eigenvalue weighted by Crippen LogP contribution is -2.55. The van der Waals surface area contributed by atoms with E-state index < -0.39 is 0 Å². The van der Waals surface area contributed by atoms with Gasteiger partial charge in [-0.25, -0.2) is 0 Å². The summed E-state index contributed by atoms with van der Waals surface area (Å²) in [4.78, 5) is 2.38. The van der Waals surface area contributed by atoms with Gasteiger partial charge in [0.05, 0.1) is 6.07 Å². The Bertz CT molecular complexity index is 158. The molecule has 1 aliphatic heterocycles. The molecule has 1 heterocycles. The Labute approximate surface area is 74.4 Å². The molecule has 1 saturated heterocycles. The number of nitrogens with zero attached hydrogens (tertiary/aromatic N) is 2. The number of hydrogen-bond acceptors (Lipinski definition) is 3. The molecule has 0 unspecified atom stereocenters. The normalized spacial score (nSPS) is 17.4. The number of unbranched alkanes of at least 4 members (excludes halogenated alkanes) is 2. The third-order valence-electron chi connectivity index (χ3n) is 2.43. The van der Waals surface area contributed by atoms with E-state index >= 15 is 0 Å². The predicted octanol–water partition coefficient (Wildman–Crippen LogP) is 0.584. The number of nitriles is 1. The summed E-state index contributed by atoms with van der Waals surface area (Å²) in [6.45, 7) is 3.40. The molecule has 0 aromatic carbocycles. The minimum Gasteiger partial charge on any atom is -0.314 e. The van der Waals surface area contributed by atoms with E-state index in [9.17, 15) is 0 Å². The summed E-state index contributed by atoms with van der Waals surface area (Å²) in [5.41, 5.74) is 0. The van der Waals surface area contributed by atoms with Crippen molar-refractivity contribution in [2.75, 3.05) is 26.7 Å². The fourth-order valence-corrected chi connectivity index (χ4v) is 1.33. The lowest BCUT2D eigenvalue weighted by molar-refractivity contribution is 0.178. The summed E-state index contributed by atoms with van der Waals surface area (Å²) in [5, 5.41) is 11.6. The van der Waals surface area contributed by atoms with Gasteiger partial charge in [-0.1, -0.05) is 0 Å². The van der Waals surface area contributed by atoms with E-state index in [1.807, 2.05) is 0 Å². The molecule has 3 heteroatoms. The Morgan fingerprint density at radius 1 is 1.50 bits per heavy atom. The first-order chi connectivity index (χ1) is 5.84. The van der Waals surface area contributed by atoms with Gasteiger partial charge in [-0.2, -0.15) is 5.26 Å². The van der Waals surface area contributed by atoms with Crippen molar-refractivity contribution < 1.29 is 0 Å². The predicted molar refractivity (Wildman–Crippen MR) is 48.8 cm³/mol. The summed E-state index contributed by atoms with van der Waals surface area (Å²) in [5.74, 6) is 0. The molecular formula is C9H17N3. The van der Waals surface area contributed by atoms with E-state index in [2.05, 4.69) is 23.3 Å². The summed E-state index contributed by atoms with van der Waals surface area (Å²) in [7, 11) is 2.16. The van der Waals surface area contributed by atoms with Gasteiger partial charge < -0.3 is 10.2 Å². The second-order valence-electron chi connectivity index (χ2n) is 3.41. The quantitative estimate of drug-likeness (QED) is 0.609. The summed E-state index contributed by atoms with van der Waals surface area (Å²) >= 11 is 0. The topological polar surface area (TPSA) is 39.1 Å². The van der Waals surface area contributed by atoms with Gasteiger partial charge in [0, 0.05) is 25.6 Å². The number of rotatable bonds is 5. The fourth-order valence-electron chi connectivity index (χ4n) is 1.33. The minimum atomic E-state index is 0.705. The maximum atomic E-state index is 8.32. The number of nitrogens with one attached hydrogen (secondary N) is 1. The maximum Gasteiger partial charge on any atom is 0.0621 e. The summed E-state index contributed by atoms with van der Waals surface area (Å²) in [6, 6.07) is 2.91. The van der Waals surface area contributed by atoms with Crippen molar-refractivity contribution in [3.8, 4) is 6.07 Å². The van der Waals surface area contributed by atoms with Crippen molar-refractivity contribution in [2.45, 2.75) is 25.3 Å². The van der Waals surface area contributed by atoms with Crippen molar-refractivity contribution in [3.05, 3.63) is 0 Å². The Morgan fingerprint density at radius 2 is 2.25 bits per heavy atom. The van der Waals surface area contributed by atoms with Crippen LogP contribution in [-0.2, 0) is 0 Å². The van der Waals surface area contributed by atoms with Gasteiger partial charge in [-0.05, 0) is 26.4 Å². The molecule has 0 aromatic heterocycles. The Kier molecular flexibility index (Phi) is 4.06. The van der Waals surface area contributed by atoms with Crippen molar-refractivity contribution in [3.63, 3.8) is 0 Å². The van der Waals surface area contributed by atoms with Crippen LogP contribution >= 0.6 is 0 Å². The Hall–Kier alpha value is -0.590. The van der Waals surface area contributed by atoms with Crippen LogP contribution in [0.3, 0.4) is 0 Å². The molecule has 0 atom stereocenters. The van der Waals surface area contributed by atoms with Crippen LogP contribution in [0.25, 0.3) is 0 Å². The molecule has 68 valence electrons. The van der Waals surface area contributed by atoms with Crippen LogP contribution in [-0.4, -0.2) is 37.6 Å². The van der Waals surface area contributed by atoms with E-state index in [-0.39, 0.29) is 0 Å². The minimum absolute atomic E-state index is 0.705. The van der Waals surface area contributed by atoms with E-state index in [1.54, 1.807) is 0 Å². The average molecular weight is 167 g/mol. The summed E-state index contributed by atoms with van der Waals surface area (Å²) < 4.78 is 0. The lowest BCUT2D eigenvalue weighted by atomic mass is 10.1. The first-order valence-corrected chi connectivity index (χ1v) is 4.62. The highest BCUT2D eigenvalue weighted by atomic mass is 15.2. The molecule has 0 bridgehead atoms. The maximum absolute atomic E-state index is 8.32. The molecule has 0 saturated carbocycles. The van der Waals surface area contributed by atoms with E-state index in [1.165, 1.54) is 0 Å². The molecule has 3 nitrogen and oxygen atoms in total. The van der Waals surface area contributed by atoms with E-state index in [4.69, 9.17) is 5.26 Å². The molecule has 1 rings (SSSR count). The molecule has 0 spiro atoms. The fraction of sp³-hybridized carbons (Fsp3) is 0.889. The zero-order chi connectivity index (χ0) is 8.81. The molecule has 0 aromatic rings. The van der Waals surface area contributed by atoms with Gasteiger partial charge in [0.15, 0.2) is 0 Å². The zero-order valence-electron chi connectivity index (χ0n) is 7.71. The number of likely N-dealkylation sites (N-methyl/N-ethyl adjacent to an activating group) is 1. The SMILES string of the molecule is CN(CCCCC#N)C1CNC1. The second kappa shape index (κ2) is 5.13. The summed E-state index contributed by atoms with van der Waals surface area (Å²) in [6.07, 6.45) is 2.90. The van der Waals surface area contributed by atoms with Crippen LogP contribution in [0, 0.1) is 11.3 Å². The van der Waals surface area contributed by atoms with Crippen LogP contribution in [0.1, 0.15) is 19.3 Å². The van der Waals surface area contributed by atoms with Gasteiger partial charge in [-0.3, -0.25) is 0 Å². The van der Waals surface area contributed by atoms with Crippen molar-refractivity contribution in [1.82, 2.24) is 10.2 Å².